The summed E-state index contributed by atoms with van der Waals surface area (Å²) in [5.41, 5.74) is 5.43. The number of nitrogens with one attached hydrogen (secondary N) is 1. The second-order valence-corrected chi connectivity index (χ2v) is 6.11. The van der Waals surface area contributed by atoms with E-state index < -0.39 is 0 Å². The molecule has 1 aliphatic heterocycles. The fourth-order valence-corrected chi connectivity index (χ4v) is 2.96. The summed E-state index contributed by atoms with van der Waals surface area (Å²) in [5, 5.41) is 3.26. The number of nitrogens with two attached hydrogens (primary N) is 1. The molecule has 0 bridgehead atoms. The smallest absolute Gasteiger partial charge is 0.227 e. The number of rotatable bonds is 7. The first-order valence-corrected chi connectivity index (χ1v) is 7.62. The van der Waals surface area contributed by atoms with Gasteiger partial charge in [0.1, 0.15) is 0 Å². The average molecular weight is 270 g/mol. The molecule has 0 aromatic rings. The van der Waals surface area contributed by atoms with Crippen molar-refractivity contribution < 1.29 is 9.53 Å². The van der Waals surface area contributed by atoms with Gasteiger partial charge in [0, 0.05) is 25.3 Å². The van der Waals surface area contributed by atoms with Gasteiger partial charge in [-0.15, -0.1) is 0 Å². The van der Waals surface area contributed by atoms with Gasteiger partial charge in [-0.25, -0.2) is 0 Å². The van der Waals surface area contributed by atoms with E-state index in [9.17, 15) is 4.79 Å². The molecule has 1 saturated heterocycles. The Morgan fingerprint density at radius 3 is 2.21 bits per heavy atom. The van der Waals surface area contributed by atoms with Gasteiger partial charge in [0.25, 0.3) is 0 Å². The summed E-state index contributed by atoms with van der Waals surface area (Å²) in [6.07, 6.45) is 5.50. The number of carbonyl (C=O) groups excluding carboxylic acids is 1. The van der Waals surface area contributed by atoms with Crippen LogP contribution in [0.25, 0.3) is 0 Å². The lowest BCUT2D eigenvalue weighted by atomic mass is 9.77. The fourth-order valence-electron chi connectivity index (χ4n) is 2.96. The van der Waals surface area contributed by atoms with Gasteiger partial charge in [0.15, 0.2) is 0 Å². The maximum Gasteiger partial charge on any atom is 0.227 e. The Hall–Kier alpha value is -0.610. The molecule has 0 aromatic carbocycles. The van der Waals surface area contributed by atoms with Crippen molar-refractivity contribution in [1.29, 1.82) is 0 Å². The minimum Gasteiger partial charge on any atom is -0.381 e. The van der Waals surface area contributed by atoms with Crippen LogP contribution in [0.1, 0.15) is 59.3 Å². The number of hydrogen-bond donors (Lipinski definition) is 2. The maximum absolute atomic E-state index is 12.7. The second kappa shape index (κ2) is 7.25. The predicted octanol–water partition coefficient (Wildman–Crippen LogP) is 2.22. The summed E-state index contributed by atoms with van der Waals surface area (Å²) in [4.78, 5) is 12.7. The number of ether oxygens (including phenoxy) is 1. The summed E-state index contributed by atoms with van der Waals surface area (Å²) in [6.45, 7) is 8.24. The van der Waals surface area contributed by atoms with Gasteiger partial charge in [0.2, 0.25) is 5.91 Å². The van der Waals surface area contributed by atoms with Crippen LogP contribution in [0.2, 0.25) is 0 Å². The van der Waals surface area contributed by atoms with Gasteiger partial charge < -0.3 is 15.8 Å². The van der Waals surface area contributed by atoms with Crippen molar-refractivity contribution in [2.75, 3.05) is 19.8 Å². The van der Waals surface area contributed by atoms with Crippen LogP contribution in [0, 0.1) is 5.41 Å². The lowest BCUT2D eigenvalue weighted by Crippen LogP contribution is -2.56. The van der Waals surface area contributed by atoms with Crippen LogP contribution in [-0.4, -0.2) is 31.2 Å². The van der Waals surface area contributed by atoms with E-state index in [1.807, 2.05) is 0 Å². The van der Waals surface area contributed by atoms with Crippen molar-refractivity contribution >= 4 is 5.91 Å². The van der Waals surface area contributed by atoms with E-state index in [1.165, 1.54) is 0 Å². The summed E-state index contributed by atoms with van der Waals surface area (Å²) < 4.78 is 5.38. The van der Waals surface area contributed by atoms with Gasteiger partial charge in [-0.1, -0.05) is 26.7 Å². The van der Waals surface area contributed by atoms with Crippen molar-refractivity contribution in [2.45, 2.75) is 64.8 Å². The Kier molecular flexibility index (Phi) is 6.27. The highest BCUT2D eigenvalue weighted by atomic mass is 16.5. The van der Waals surface area contributed by atoms with Crippen molar-refractivity contribution in [3.05, 3.63) is 0 Å². The van der Waals surface area contributed by atoms with Crippen LogP contribution in [0.3, 0.4) is 0 Å². The Morgan fingerprint density at radius 2 is 1.79 bits per heavy atom. The molecule has 4 nitrogen and oxygen atoms in total. The molecule has 1 heterocycles. The third-order valence-corrected chi connectivity index (χ3v) is 4.34. The Balaban J connectivity index is 2.75. The van der Waals surface area contributed by atoms with Crippen molar-refractivity contribution in [3.63, 3.8) is 0 Å². The Bertz CT molecular complexity index is 280. The van der Waals surface area contributed by atoms with Crippen molar-refractivity contribution in [3.8, 4) is 0 Å². The molecule has 19 heavy (non-hydrogen) atoms. The molecule has 3 N–H and O–H groups in total. The van der Waals surface area contributed by atoms with E-state index in [4.69, 9.17) is 10.5 Å². The summed E-state index contributed by atoms with van der Waals surface area (Å²) in [6, 6.07) is 0. The molecule has 0 radical (unpaired) electrons. The van der Waals surface area contributed by atoms with Crippen LogP contribution in [0.15, 0.2) is 0 Å². The monoisotopic (exact) mass is 270 g/mol. The van der Waals surface area contributed by atoms with E-state index >= 15 is 0 Å². The molecule has 4 heteroatoms. The molecule has 1 fully saturated rings. The molecule has 112 valence electrons. The first-order chi connectivity index (χ1) is 9.02. The van der Waals surface area contributed by atoms with Crippen LogP contribution in [-0.2, 0) is 9.53 Å². The topological polar surface area (TPSA) is 64.4 Å². The lowest BCUT2D eigenvalue weighted by Gasteiger charge is -2.39. The fraction of sp³-hybridized carbons (Fsp3) is 0.933. The van der Waals surface area contributed by atoms with Gasteiger partial charge in [0.05, 0.1) is 5.41 Å². The molecule has 1 rings (SSSR count). The summed E-state index contributed by atoms with van der Waals surface area (Å²) in [7, 11) is 0. The van der Waals surface area contributed by atoms with E-state index in [0.29, 0.717) is 6.54 Å². The first-order valence-electron chi connectivity index (χ1n) is 7.62. The molecular formula is C15H30N2O2. The van der Waals surface area contributed by atoms with Crippen LogP contribution in [0.4, 0.5) is 0 Å². The third-order valence-electron chi connectivity index (χ3n) is 4.34. The van der Waals surface area contributed by atoms with E-state index in [-0.39, 0.29) is 16.9 Å². The molecule has 0 aliphatic carbocycles. The highest BCUT2D eigenvalue weighted by Crippen LogP contribution is 2.31. The maximum atomic E-state index is 12.7. The first kappa shape index (κ1) is 16.4. The van der Waals surface area contributed by atoms with E-state index in [0.717, 1.165) is 51.7 Å². The van der Waals surface area contributed by atoms with E-state index in [2.05, 4.69) is 26.1 Å². The van der Waals surface area contributed by atoms with Crippen molar-refractivity contribution in [1.82, 2.24) is 5.32 Å². The van der Waals surface area contributed by atoms with Gasteiger partial charge in [-0.3, -0.25) is 4.79 Å². The van der Waals surface area contributed by atoms with Gasteiger partial charge >= 0.3 is 0 Å². The predicted molar refractivity (Wildman–Crippen MR) is 77.9 cm³/mol. The zero-order valence-corrected chi connectivity index (χ0v) is 12.8. The SMILES string of the molecule is CCCC(CN)(CCC)C(=O)NC1(C)CCOCC1. The molecule has 0 atom stereocenters. The van der Waals surface area contributed by atoms with Crippen LogP contribution in [0.5, 0.6) is 0 Å². The second-order valence-electron chi connectivity index (χ2n) is 6.11. The third kappa shape index (κ3) is 4.18. The number of carbonyl (C=O) groups is 1. The van der Waals surface area contributed by atoms with Gasteiger partial charge in [-0.2, -0.15) is 0 Å². The molecule has 1 amide bonds. The summed E-state index contributed by atoms with van der Waals surface area (Å²) in [5.74, 6) is 0.142. The van der Waals surface area contributed by atoms with Crippen LogP contribution < -0.4 is 11.1 Å². The van der Waals surface area contributed by atoms with Crippen molar-refractivity contribution in [2.24, 2.45) is 11.1 Å². The molecule has 0 aromatic heterocycles. The standard InChI is InChI=1S/C15H30N2O2/c1-4-6-15(12-16,7-5-2)13(18)17-14(3)8-10-19-11-9-14/h4-12,16H2,1-3H3,(H,17,18). The Labute approximate surface area is 117 Å². The minimum atomic E-state index is -0.384. The zero-order chi connectivity index (χ0) is 14.4. The molecule has 0 unspecified atom stereocenters. The average Bonchev–Trinajstić information content (AvgIpc) is 2.38. The minimum absolute atomic E-state index is 0.128. The number of hydrogen-bond acceptors (Lipinski definition) is 3. The lowest BCUT2D eigenvalue weighted by molar-refractivity contribution is -0.134. The zero-order valence-electron chi connectivity index (χ0n) is 12.8. The largest absolute Gasteiger partial charge is 0.381 e. The summed E-state index contributed by atoms with van der Waals surface area (Å²) >= 11 is 0. The van der Waals surface area contributed by atoms with E-state index in [1.54, 1.807) is 0 Å². The van der Waals surface area contributed by atoms with Crippen LogP contribution >= 0.6 is 0 Å². The quantitative estimate of drug-likeness (QED) is 0.745. The Morgan fingerprint density at radius 1 is 1.26 bits per heavy atom. The highest BCUT2D eigenvalue weighted by Gasteiger charge is 2.39. The highest BCUT2D eigenvalue weighted by molar-refractivity contribution is 5.83. The van der Waals surface area contributed by atoms with Gasteiger partial charge in [-0.05, 0) is 32.6 Å². The molecular weight excluding hydrogens is 240 g/mol. The molecule has 1 aliphatic rings. The molecule has 0 saturated carbocycles. The normalized spacial score (nSPS) is 19.2. The molecule has 0 spiro atoms. The number of amides is 1.